The van der Waals surface area contributed by atoms with E-state index in [9.17, 15) is 13.2 Å². The van der Waals surface area contributed by atoms with Crippen molar-refractivity contribution in [2.24, 2.45) is 0 Å². The van der Waals surface area contributed by atoms with Gasteiger partial charge in [0.1, 0.15) is 9.84 Å². The Morgan fingerprint density at radius 1 is 1.39 bits per heavy atom. The molecule has 0 spiro atoms. The number of nitrogens with zero attached hydrogens (tertiary/aromatic N) is 4. The zero-order chi connectivity index (χ0) is 16.4. The number of tetrazole rings is 1. The van der Waals surface area contributed by atoms with Crippen molar-refractivity contribution < 1.29 is 13.2 Å². The molecule has 1 aliphatic rings. The summed E-state index contributed by atoms with van der Waals surface area (Å²) in [7, 11) is -3.15. The van der Waals surface area contributed by atoms with E-state index < -0.39 is 9.84 Å². The molecular weight excluding hydrogens is 318 g/mol. The molecule has 1 aromatic carbocycles. The number of sulfone groups is 1. The fourth-order valence-corrected chi connectivity index (χ4v) is 2.74. The molecule has 1 aliphatic carbocycles. The molecule has 1 amide bonds. The number of carbonyl (C=O) groups excluding carboxylic acids is 1. The van der Waals surface area contributed by atoms with Gasteiger partial charge in [0.05, 0.1) is 11.8 Å². The van der Waals surface area contributed by atoms with Gasteiger partial charge in [0.25, 0.3) is 0 Å². The largest absolute Gasteiger partial charge is 0.326 e. The summed E-state index contributed by atoms with van der Waals surface area (Å²) >= 11 is 0. The first-order valence-corrected chi connectivity index (χ1v) is 9.34. The molecule has 3 rings (SSSR count). The normalized spacial score (nSPS) is 14.7. The Balaban J connectivity index is 1.72. The van der Waals surface area contributed by atoms with Gasteiger partial charge in [-0.15, -0.1) is 5.10 Å². The Morgan fingerprint density at radius 2 is 2.17 bits per heavy atom. The third-order valence-corrected chi connectivity index (χ3v) is 4.44. The van der Waals surface area contributed by atoms with Gasteiger partial charge in [0.2, 0.25) is 5.91 Å². The number of rotatable bonds is 6. The van der Waals surface area contributed by atoms with E-state index in [1.165, 1.54) is 0 Å². The Hall–Kier alpha value is -2.29. The van der Waals surface area contributed by atoms with Gasteiger partial charge >= 0.3 is 0 Å². The molecule has 1 fully saturated rings. The van der Waals surface area contributed by atoms with Crippen LogP contribution in [0, 0.1) is 0 Å². The lowest BCUT2D eigenvalue weighted by molar-refractivity contribution is -0.115. The molecule has 1 N–H and O–H groups in total. The number of carbonyl (C=O) groups is 1. The topological polar surface area (TPSA) is 107 Å². The fraction of sp³-hybridized carbons (Fsp3) is 0.429. The van der Waals surface area contributed by atoms with Gasteiger partial charge < -0.3 is 5.32 Å². The maximum atomic E-state index is 11.8. The minimum Gasteiger partial charge on any atom is -0.326 e. The van der Waals surface area contributed by atoms with Crippen molar-refractivity contribution in [3.63, 3.8) is 0 Å². The SMILES string of the molecule is CS(=O)(=O)CCC(=O)Nc1cccc(-c2nnnn2C2CC2)c1. The molecule has 1 heterocycles. The smallest absolute Gasteiger partial charge is 0.225 e. The van der Waals surface area contributed by atoms with Crippen LogP contribution in [0.2, 0.25) is 0 Å². The van der Waals surface area contributed by atoms with Gasteiger partial charge in [0.15, 0.2) is 5.82 Å². The number of hydrogen-bond donors (Lipinski definition) is 1. The second kappa shape index (κ2) is 6.07. The molecule has 0 bridgehead atoms. The quantitative estimate of drug-likeness (QED) is 0.845. The Morgan fingerprint density at radius 3 is 2.87 bits per heavy atom. The van der Waals surface area contributed by atoms with Crippen LogP contribution >= 0.6 is 0 Å². The van der Waals surface area contributed by atoms with E-state index >= 15 is 0 Å². The van der Waals surface area contributed by atoms with Crippen LogP contribution in [0.3, 0.4) is 0 Å². The van der Waals surface area contributed by atoms with Crippen LogP contribution in [0.25, 0.3) is 11.4 Å². The van der Waals surface area contributed by atoms with E-state index in [1.807, 2.05) is 6.07 Å². The second-order valence-electron chi connectivity index (χ2n) is 5.69. The molecule has 0 unspecified atom stereocenters. The van der Waals surface area contributed by atoms with Crippen LogP contribution in [0.4, 0.5) is 5.69 Å². The zero-order valence-electron chi connectivity index (χ0n) is 12.6. The summed E-state index contributed by atoms with van der Waals surface area (Å²) in [5.74, 6) is 0.160. The molecule has 23 heavy (non-hydrogen) atoms. The van der Waals surface area contributed by atoms with Gasteiger partial charge in [0, 0.05) is 23.9 Å². The van der Waals surface area contributed by atoms with Crippen molar-refractivity contribution >= 4 is 21.4 Å². The van der Waals surface area contributed by atoms with Gasteiger partial charge in [-0.05, 0) is 35.4 Å². The minimum absolute atomic E-state index is 0.0666. The molecule has 0 saturated heterocycles. The summed E-state index contributed by atoms with van der Waals surface area (Å²) in [6, 6.07) is 7.55. The molecule has 1 saturated carbocycles. The average Bonchev–Trinajstić information content (AvgIpc) is 3.22. The van der Waals surface area contributed by atoms with E-state index in [0.717, 1.165) is 24.7 Å². The standard InChI is InChI=1S/C14H17N5O3S/c1-23(21,22)8-7-13(20)15-11-4-2-3-10(9-11)14-16-17-18-19(14)12-5-6-12/h2-4,9,12H,5-8H2,1H3,(H,15,20). The lowest BCUT2D eigenvalue weighted by Crippen LogP contribution is -2.16. The molecule has 9 heteroatoms. The third-order valence-electron chi connectivity index (χ3n) is 3.49. The third kappa shape index (κ3) is 4.13. The van der Waals surface area contributed by atoms with Gasteiger partial charge in [-0.3, -0.25) is 4.79 Å². The average molecular weight is 335 g/mol. The highest BCUT2D eigenvalue weighted by Gasteiger charge is 2.28. The molecule has 0 aliphatic heterocycles. The van der Waals surface area contributed by atoms with Crippen molar-refractivity contribution in [3.8, 4) is 11.4 Å². The molecule has 1 aromatic heterocycles. The van der Waals surface area contributed by atoms with E-state index in [0.29, 0.717) is 17.6 Å². The second-order valence-corrected chi connectivity index (χ2v) is 7.95. The Bertz CT molecular complexity index is 826. The van der Waals surface area contributed by atoms with Gasteiger partial charge in [-0.2, -0.15) is 0 Å². The summed E-state index contributed by atoms with van der Waals surface area (Å²) in [5.41, 5.74) is 1.40. The Kier molecular flexibility index (Phi) is 4.12. The van der Waals surface area contributed by atoms with Crippen molar-refractivity contribution in [2.45, 2.75) is 25.3 Å². The number of benzene rings is 1. The van der Waals surface area contributed by atoms with Crippen molar-refractivity contribution in [1.82, 2.24) is 20.2 Å². The number of hydrogen-bond acceptors (Lipinski definition) is 6. The number of nitrogens with one attached hydrogen (secondary N) is 1. The number of amides is 1. The van der Waals surface area contributed by atoms with Crippen LogP contribution < -0.4 is 5.32 Å². The van der Waals surface area contributed by atoms with Gasteiger partial charge in [-0.1, -0.05) is 12.1 Å². The summed E-state index contributed by atoms with van der Waals surface area (Å²) in [6.07, 6.45) is 3.18. The fourth-order valence-electron chi connectivity index (χ4n) is 2.19. The first-order valence-electron chi connectivity index (χ1n) is 7.28. The van der Waals surface area contributed by atoms with Crippen LogP contribution in [0.15, 0.2) is 24.3 Å². The number of aromatic nitrogens is 4. The highest BCUT2D eigenvalue weighted by Crippen LogP contribution is 2.36. The summed E-state index contributed by atoms with van der Waals surface area (Å²) in [5, 5.41) is 14.5. The number of anilines is 1. The summed E-state index contributed by atoms with van der Waals surface area (Å²) in [6.45, 7) is 0. The van der Waals surface area contributed by atoms with Crippen LogP contribution in [-0.2, 0) is 14.6 Å². The molecule has 8 nitrogen and oxygen atoms in total. The zero-order valence-corrected chi connectivity index (χ0v) is 13.5. The first-order chi connectivity index (χ1) is 10.9. The van der Waals surface area contributed by atoms with Crippen LogP contribution in [0.5, 0.6) is 0 Å². The monoisotopic (exact) mass is 335 g/mol. The predicted molar refractivity (Wildman–Crippen MR) is 84.5 cm³/mol. The summed E-state index contributed by atoms with van der Waals surface area (Å²) < 4.78 is 24.0. The van der Waals surface area contributed by atoms with E-state index in [-0.39, 0.29) is 18.1 Å². The van der Waals surface area contributed by atoms with Crippen LogP contribution in [0.1, 0.15) is 25.3 Å². The maximum Gasteiger partial charge on any atom is 0.225 e. The highest BCUT2D eigenvalue weighted by atomic mass is 32.2. The lowest BCUT2D eigenvalue weighted by atomic mass is 10.2. The first kappa shape index (κ1) is 15.6. The van der Waals surface area contributed by atoms with Crippen LogP contribution in [-0.4, -0.2) is 46.5 Å². The maximum absolute atomic E-state index is 11.8. The molecule has 0 radical (unpaired) electrons. The Labute approximate surface area is 133 Å². The molecular formula is C14H17N5O3S. The minimum atomic E-state index is -3.15. The molecule has 2 aromatic rings. The highest BCUT2D eigenvalue weighted by molar-refractivity contribution is 7.90. The molecule has 122 valence electrons. The lowest BCUT2D eigenvalue weighted by Gasteiger charge is -2.07. The van der Waals surface area contributed by atoms with Crippen molar-refractivity contribution in [2.75, 3.05) is 17.3 Å². The van der Waals surface area contributed by atoms with Gasteiger partial charge in [-0.25, -0.2) is 13.1 Å². The van der Waals surface area contributed by atoms with Crippen molar-refractivity contribution in [3.05, 3.63) is 24.3 Å². The predicted octanol–water partition coefficient (Wildman–Crippen LogP) is 1.05. The van der Waals surface area contributed by atoms with E-state index in [2.05, 4.69) is 20.8 Å². The van der Waals surface area contributed by atoms with Crippen molar-refractivity contribution in [1.29, 1.82) is 0 Å². The molecule has 0 atom stereocenters. The summed E-state index contributed by atoms with van der Waals surface area (Å²) in [4.78, 5) is 11.8. The van der Waals surface area contributed by atoms with E-state index in [1.54, 1.807) is 22.9 Å². The van der Waals surface area contributed by atoms with E-state index in [4.69, 9.17) is 0 Å².